The molecule has 0 aromatic heterocycles. The van der Waals surface area contributed by atoms with Crippen LogP contribution in [0.15, 0.2) is 28.2 Å². The molecule has 3 aliphatic rings. The van der Waals surface area contributed by atoms with Crippen molar-refractivity contribution in [1.82, 2.24) is 42.5 Å². The number of carbonyl (C=O) groups is 12. The summed E-state index contributed by atoms with van der Waals surface area (Å²) < 4.78 is 6.05. The average Bonchev–Trinajstić information content (AvgIpc) is 1.62. The van der Waals surface area contributed by atoms with Gasteiger partial charge in [-0.1, -0.05) is 26.8 Å². The maximum atomic E-state index is 13.5. The molecular weight excluding hydrogens is 1130 g/mol. The third kappa shape index (κ3) is 21.3. The molecule has 11 atom stereocenters. The van der Waals surface area contributed by atoms with E-state index in [9.17, 15) is 83.1 Å². The van der Waals surface area contributed by atoms with Crippen molar-refractivity contribution < 1.29 is 87.8 Å². The first-order valence-corrected chi connectivity index (χ1v) is 28.3. The number of phenols is 1. The van der Waals surface area contributed by atoms with Gasteiger partial charge in [-0.2, -0.15) is 0 Å². The second-order valence-corrected chi connectivity index (χ2v) is 22.2. The van der Waals surface area contributed by atoms with Gasteiger partial charge in [0.2, 0.25) is 47.3 Å². The lowest BCUT2D eigenvalue weighted by Gasteiger charge is -2.50. The summed E-state index contributed by atoms with van der Waals surface area (Å²) in [5, 5.41) is 66.4. The van der Waals surface area contributed by atoms with Gasteiger partial charge in [-0.25, -0.2) is 4.79 Å². The van der Waals surface area contributed by atoms with E-state index in [-0.39, 0.29) is 80.8 Å². The number of amides is 8. The number of nitrogens with zero attached hydrogens (tertiary/aromatic N) is 2. The number of fused-ring (bicyclic) bond motifs is 5. The van der Waals surface area contributed by atoms with Crippen molar-refractivity contribution in [2.24, 2.45) is 56.1 Å². The van der Waals surface area contributed by atoms with Crippen LogP contribution in [0, 0.1) is 23.2 Å². The van der Waals surface area contributed by atoms with Crippen molar-refractivity contribution in [3.05, 3.63) is 29.3 Å². The van der Waals surface area contributed by atoms with Gasteiger partial charge in [-0.15, -0.1) is 0 Å². The summed E-state index contributed by atoms with van der Waals surface area (Å²) >= 11 is 0. The van der Waals surface area contributed by atoms with E-state index in [0.29, 0.717) is 24.2 Å². The molecule has 0 unspecified atom stereocenters. The Hall–Kier alpha value is -8.84. The van der Waals surface area contributed by atoms with Crippen LogP contribution in [-0.4, -0.2) is 184 Å². The molecule has 476 valence electrons. The number of carbonyl (C=O) groups excluding carboxylic acids is 9. The zero-order valence-electron chi connectivity index (χ0n) is 48.3. The molecular formula is C54H82N14O18. The van der Waals surface area contributed by atoms with Crippen LogP contribution in [0.25, 0.3) is 0 Å². The van der Waals surface area contributed by atoms with Gasteiger partial charge < -0.3 is 95.7 Å². The summed E-state index contributed by atoms with van der Waals surface area (Å²) in [4.78, 5) is 162. The van der Waals surface area contributed by atoms with Crippen LogP contribution in [0.1, 0.15) is 121 Å². The number of aryl methyl sites for hydroxylation is 1. The van der Waals surface area contributed by atoms with Gasteiger partial charge in [-0.05, 0) is 111 Å². The van der Waals surface area contributed by atoms with E-state index in [2.05, 4.69) is 59.4 Å². The van der Waals surface area contributed by atoms with E-state index in [4.69, 9.17) is 27.7 Å². The molecule has 2 saturated carbocycles. The first kappa shape index (κ1) is 69.7. The highest BCUT2D eigenvalue weighted by Crippen LogP contribution is 2.61. The minimum atomic E-state index is -1.95. The SMILES string of the molecule is CC(C)[C@H](NC(=O)[C@H](CC(=O)O)NC(=O)CNC(=O)[C@H](CCCN=C(N)N)NC(=O)[C@H](CO)NC(=O)[C@H](CC(=O)O)NC(=O)CNC(=O)[C@H](CCCN=C(N)N)NC(=O)CCC(=O)O[C@H]1CC[C@H]2[C@@H]3CCc4cc(O)ccc4[C@H]3CC[C@]12C)C(=O)O. The van der Waals surface area contributed by atoms with Gasteiger partial charge in [0.15, 0.2) is 11.9 Å². The molecule has 0 radical (unpaired) electrons. The number of aromatic hydroxyl groups is 1. The Morgan fingerprint density at radius 2 is 1.15 bits per heavy atom. The molecule has 2 fully saturated rings. The number of aliphatic carboxylic acids is 3. The number of carboxylic acid groups (broad SMARTS) is 3. The molecule has 4 rings (SSSR count). The summed E-state index contributed by atoms with van der Waals surface area (Å²) in [6.07, 6.45) is 1.85. The minimum Gasteiger partial charge on any atom is -0.508 e. The third-order valence-corrected chi connectivity index (χ3v) is 15.6. The fourth-order valence-electron chi connectivity index (χ4n) is 11.3. The Labute approximate surface area is 495 Å². The number of hydrogen-bond donors (Lipinski definition) is 17. The van der Waals surface area contributed by atoms with Crippen LogP contribution in [0.5, 0.6) is 5.75 Å². The van der Waals surface area contributed by atoms with Crippen LogP contribution in [-0.2, 0) is 68.7 Å². The second kappa shape index (κ2) is 33.0. The van der Waals surface area contributed by atoms with Crippen LogP contribution >= 0.6 is 0 Å². The van der Waals surface area contributed by atoms with E-state index < -0.39 is 146 Å². The number of nitrogens with one attached hydrogen (secondary N) is 8. The lowest BCUT2D eigenvalue weighted by atomic mass is 9.55. The van der Waals surface area contributed by atoms with E-state index in [1.54, 1.807) is 6.07 Å². The number of benzene rings is 1. The van der Waals surface area contributed by atoms with Gasteiger partial charge in [0, 0.05) is 24.9 Å². The van der Waals surface area contributed by atoms with Gasteiger partial charge in [0.1, 0.15) is 48.1 Å². The summed E-state index contributed by atoms with van der Waals surface area (Å²) in [6, 6.07) is -4.42. The zero-order valence-corrected chi connectivity index (χ0v) is 48.3. The number of carboxylic acids is 3. The monoisotopic (exact) mass is 1210 g/mol. The standard InChI is InChI=1S/C54H82N14O18/c1-26(2)45(51(84)85)68-49(82)36(22-43(76)77)65-41(73)24-62-47(80)34(7-5-19-60-53(57)58)66-50(83)37(25-69)67-48(81)35(21-42(74)75)64-40(72)23-61-46(79)33(6-4-18-59-52(55)56)63-39(71)14-15-44(78)86-38-13-12-32-31-10-8-27-20-28(70)9-11-29(27)30(31)16-17-54(32,38)3/h9,11,20,26,30-38,45,69-70H,4-8,10,12-19,21-25H2,1-3H3,(H,61,79)(H,62,80)(H,63,71)(H,64,72)(H,65,73)(H,66,83)(H,67,81)(H,68,82)(H,74,75)(H,76,77)(H,84,85)(H4,55,56,59)(H4,57,58,60)/t30-,31-,32+,33+,34+,35+,36+,37+,38+,45+,54+/m1/s1. The van der Waals surface area contributed by atoms with Crippen molar-refractivity contribution >= 4 is 83.1 Å². The molecule has 0 aliphatic heterocycles. The average molecular weight is 1220 g/mol. The smallest absolute Gasteiger partial charge is 0.326 e. The topological polar surface area (TPSA) is 540 Å². The van der Waals surface area contributed by atoms with E-state index >= 15 is 0 Å². The minimum absolute atomic E-state index is 0.00158. The Bertz CT molecular complexity index is 2720. The van der Waals surface area contributed by atoms with Gasteiger partial charge in [0.25, 0.3) is 0 Å². The van der Waals surface area contributed by atoms with Gasteiger partial charge in [0.05, 0.1) is 39.0 Å². The van der Waals surface area contributed by atoms with Crippen molar-refractivity contribution in [1.29, 1.82) is 0 Å². The van der Waals surface area contributed by atoms with E-state index in [0.717, 1.165) is 32.1 Å². The Balaban J connectivity index is 1.34. The summed E-state index contributed by atoms with van der Waals surface area (Å²) in [7, 11) is 0. The number of ether oxygens (including phenoxy) is 1. The van der Waals surface area contributed by atoms with Crippen molar-refractivity contribution in [3.63, 3.8) is 0 Å². The normalized spacial score (nSPS) is 20.3. The van der Waals surface area contributed by atoms with Crippen molar-refractivity contribution in [3.8, 4) is 5.75 Å². The molecule has 0 saturated heterocycles. The molecule has 21 N–H and O–H groups in total. The van der Waals surface area contributed by atoms with Gasteiger partial charge in [-0.3, -0.25) is 62.7 Å². The molecule has 8 amide bonds. The first-order chi connectivity index (χ1) is 40.5. The fraction of sp³-hybridized carbons (Fsp3) is 0.630. The maximum Gasteiger partial charge on any atom is 0.326 e. The number of rotatable bonds is 34. The summed E-state index contributed by atoms with van der Waals surface area (Å²) in [5.74, 6) is -13.7. The number of esters is 1. The molecule has 0 bridgehead atoms. The number of aliphatic hydroxyl groups is 1. The fourth-order valence-corrected chi connectivity index (χ4v) is 11.3. The Morgan fingerprint density at radius 3 is 1.66 bits per heavy atom. The van der Waals surface area contributed by atoms with E-state index in [1.807, 2.05) is 12.1 Å². The quantitative estimate of drug-likeness (QED) is 0.0135. The van der Waals surface area contributed by atoms with Crippen LogP contribution in [0.3, 0.4) is 0 Å². The molecule has 1 aromatic carbocycles. The van der Waals surface area contributed by atoms with Crippen molar-refractivity contribution in [2.75, 3.05) is 32.8 Å². The Kier molecular flexibility index (Phi) is 26.7. The van der Waals surface area contributed by atoms with E-state index in [1.165, 1.54) is 25.0 Å². The largest absolute Gasteiger partial charge is 0.508 e. The van der Waals surface area contributed by atoms with Crippen LogP contribution in [0.2, 0.25) is 0 Å². The number of phenolic OH excluding ortho intramolecular Hbond substituents is 1. The zero-order chi connectivity index (χ0) is 64.0. The predicted molar refractivity (Wildman–Crippen MR) is 303 cm³/mol. The molecule has 0 heterocycles. The highest BCUT2D eigenvalue weighted by Gasteiger charge is 2.56. The number of aliphatic hydroxyl groups excluding tert-OH is 1. The lowest BCUT2D eigenvalue weighted by Crippen LogP contribution is -2.59. The molecule has 0 spiro atoms. The van der Waals surface area contributed by atoms with Crippen LogP contribution in [0.4, 0.5) is 0 Å². The first-order valence-electron chi connectivity index (χ1n) is 28.3. The summed E-state index contributed by atoms with van der Waals surface area (Å²) in [5.41, 5.74) is 23.8. The molecule has 3 aliphatic carbocycles. The van der Waals surface area contributed by atoms with Crippen LogP contribution < -0.4 is 65.5 Å². The maximum absolute atomic E-state index is 13.5. The van der Waals surface area contributed by atoms with Crippen molar-refractivity contribution in [2.45, 2.75) is 159 Å². The molecule has 1 aromatic rings. The highest BCUT2D eigenvalue weighted by atomic mass is 16.5. The third-order valence-electron chi connectivity index (χ3n) is 15.6. The molecule has 86 heavy (non-hydrogen) atoms. The highest BCUT2D eigenvalue weighted by molar-refractivity contribution is 5.98. The second-order valence-electron chi connectivity index (χ2n) is 22.2. The molecule has 32 heteroatoms. The Morgan fingerprint density at radius 1 is 0.640 bits per heavy atom. The summed E-state index contributed by atoms with van der Waals surface area (Å²) in [6.45, 7) is 2.09. The van der Waals surface area contributed by atoms with Gasteiger partial charge >= 0.3 is 23.9 Å². The number of nitrogens with two attached hydrogens (primary N) is 4. The predicted octanol–water partition coefficient (Wildman–Crippen LogP) is -4.13. The number of aliphatic imine (C=N–C) groups is 2. The lowest BCUT2D eigenvalue weighted by molar-refractivity contribution is -0.158. The number of guanidine groups is 2. The number of hydrogen-bond acceptors (Lipinski definition) is 17. The molecule has 32 nitrogen and oxygen atoms in total.